The van der Waals surface area contributed by atoms with Crippen molar-refractivity contribution in [2.45, 2.75) is 31.8 Å². The summed E-state index contributed by atoms with van der Waals surface area (Å²) in [6.07, 6.45) is 2.10. The van der Waals surface area contributed by atoms with E-state index in [1.54, 1.807) is 7.11 Å². The summed E-state index contributed by atoms with van der Waals surface area (Å²) in [7, 11) is 1.72. The molecule has 0 aliphatic heterocycles. The molecule has 1 N–H and O–H groups in total. The number of fused-ring (bicyclic) bond motifs is 1. The third kappa shape index (κ3) is 3.07. The first-order valence-corrected chi connectivity index (χ1v) is 7.71. The van der Waals surface area contributed by atoms with Crippen LogP contribution in [0.15, 0.2) is 42.5 Å². The fraction of sp³-hybridized carbons (Fsp3) is 0.333. The molecule has 1 unspecified atom stereocenters. The lowest BCUT2D eigenvalue weighted by Crippen LogP contribution is -2.32. The normalized spacial score (nSPS) is 18.3. The molecule has 3 rings (SSSR count). The van der Waals surface area contributed by atoms with Crippen LogP contribution in [0.1, 0.15) is 29.7 Å². The third-order valence-electron chi connectivity index (χ3n) is 4.19. The quantitative estimate of drug-likeness (QED) is 0.915. The Morgan fingerprint density at radius 1 is 1.14 bits per heavy atom. The Hall–Kier alpha value is -1.51. The molecule has 0 spiro atoms. The average molecular weight is 302 g/mol. The summed E-state index contributed by atoms with van der Waals surface area (Å²) in [6, 6.07) is 15.1. The highest BCUT2D eigenvalue weighted by Crippen LogP contribution is 2.29. The van der Waals surface area contributed by atoms with Crippen LogP contribution >= 0.6 is 11.6 Å². The topological polar surface area (TPSA) is 21.3 Å². The molecular weight excluding hydrogens is 282 g/mol. The van der Waals surface area contributed by atoms with Gasteiger partial charge in [0.05, 0.1) is 7.11 Å². The molecule has 21 heavy (non-hydrogen) atoms. The van der Waals surface area contributed by atoms with E-state index >= 15 is 0 Å². The van der Waals surface area contributed by atoms with E-state index in [0.717, 1.165) is 23.6 Å². The number of rotatable bonds is 4. The molecule has 1 aliphatic carbocycles. The summed E-state index contributed by atoms with van der Waals surface area (Å²) in [5, 5.41) is 4.54. The van der Waals surface area contributed by atoms with Gasteiger partial charge in [-0.05, 0) is 49.1 Å². The number of hydrogen-bond donors (Lipinski definition) is 1. The maximum atomic E-state index is 6.08. The van der Waals surface area contributed by atoms with Gasteiger partial charge in [-0.2, -0.15) is 0 Å². The van der Waals surface area contributed by atoms with Crippen molar-refractivity contribution in [2.24, 2.45) is 0 Å². The fourth-order valence-electron chi connectivity index (χ4n) is 3.17. The highest BCUT2D eigenvalue weighted by Gasteiger charge is 2.23. The van der Waals surface area contributed by atoms with Crippen LogP contribution in [0.3, 0.4) is 0 Å². The van der Waals surface area contributed by atoms with Crippen molar-refractivity contribution in [2.75, 3.05) is 7.11 Å². The standard InChI is InChI=1S/C18H20ClNO/c1-12(17-5-3-4-6-18(17)21-2)20-16-10-13-7-8-15(19)9-14(13)11-16/h3-9,12,16,20H,10-11H2,1-2H3/t12-,16?/m1/s1. The van der Waals surface area contributed by atoms with E-state index in [-0.39, 0.29) is 6.04 Å². The summed E-state index contributed by atoms with van der Waals surface area (Å²) < 4.78 is 5.45. The predicted octanol–water partition coefficient (Wildman–Crippen LogP) is 4.17. The first kappa shape index (κ1) is 14.4. The van der Waals surface area contributed by atoms with Gasteiger partial charge in [0.25, 0.3) is 0 Å². The average Bonchev–Trinajstić information content (AvgIpc) is 2.88. The second kappa shape index (κ2) is 6.08. The Bertz CT molecular complexity index is 641. The van der Waals surface area contributed by atoms with Gasteiger partial charge in [0.15, 0.2) is 0 Å². The van der Waals surface area contributed by atoms with Gasteiger partial charge in [-0.1, -0.05) is 35.9 Å². The molecule has 0 radical (unpaired) electrons. The van der Waals surface area contributed by atoms with Crippen molar-refractivity contribution >= 4 is 11.6 Å². The second-order valence-corrected chi connectivity index (χ2v) is 6.08. The summed E-state index contributed by atoms with van der Waals surface area (Å²) in [5.74, 6) is 0.941. The van der Waals surface area contributed by atoms with Crippen LogP contribution in [-0.2, 0) is 12.8 Å². The van der Waals surface area contributed by atoms with Crippen LogP contribution < -0.4 is 10.1 Å². The van der Waals surface area contributed by atoms with E-state index in [4.69, 9.17) is 16.3 Å². The van der Waals surface area contributed by atoms with Crippen molar-refractivity contribution < 1.29 is 4.74 Å². The minimum Gasteiger partial charge on any atom is -0.496 e. The van der Waals surface area contributed by atoms with Gasteiger partial charge in [0, 0.05) is 22.7 Å². The highest BCUT2D eigenvalue weighted by molar-refractivity contribution is 6.30. The number of para-hydroxylation sites is 1. The molecule has 2 nitrogen and oxygen atoms in total. The van der Waals surface area contributed by atoms with Gasteiger partial charge in [-0.3, -0.25) is 0 Å². The minimum absolute atomic E-state index is 0.260. The molecule has 0 amide bonds. The first-order chi connectivity index (χ1) is 10.2. The van der Waals surface area contributed by atoms with Crippen LogP contribution in [0, 0.1) is 0 Å². The lowest BCUT2D eigenvalue weighted by Gasteiger charge is -2.21. The largest absolute Gasteiger partial charge is 0.496 e. The van der Waals surface area contributed by atoms with Crippen LogP contribution in [0.4, 0.5) is 0 Å². The zero-order chi connectivity index (χ0) is 14.8. The maximum absolute atomic E-state index is 6.08. The first-order valence-electron chi connectivity index (χ1n) is 7.33. The molecule has 0 bridgehead atoms. The Balaban J connectivity index is 1.71. The molecule has 0 saturated heterocycles. The molecule has 0 aromatic heterocycles. The molecule has 3 heteroatoms. The SMILES string of the molecule is COc1ccccc1[C@@H](C)NC1Cc2ccc(Cl)cc2C1. The Labute approximate surface area is 131 Å². The number of methoxy groups -OCH3 is 1. The Kier molecular flexibility index (Phi) is 4.18. The predicted molar refractivity (Wildman–Crippen MR) is 87.2 cm³/mol. The van der Waals surface area contributed by atoms with Crippen LogP contribution in [-0.4, -0.2) is 13.2 Å². The molecule has 2 atom stereocenters. The molecule has 2 aromatic rings. The van der Waals surface area contributed by atoms with Crippen molar-refractivity contribution in [3.63, 3.8) is 0 Å². The summed E-state index contributed by atoms with van der Waals surface area (Å²) >= 11 is 6.08. The van der Waals surface area contributed by atoms with Crippen LogP contribution in [0.2, 0.25) is 5.02 Å². The zero-order valence-corrected chi connectivity index (χ0v) is 13.2. The van der Waals surface area contributed by atoms with E-state index in [1.165, 1.54) is 16.7 Å². The monoisotopic (exact) mass is 301 g/mol. The fourth-order valence-corrected chi connectivity index (χ4v) is 3.37. The van der Waals surface area contributed by atoms with Gasteiger partial charge in [-0.15, -0.1) is 0 Å². The minimum atomic E-state index is 0.260. The molecular formula is C18H20ClNO. The smallest absolute Gasteiger partial charge is 0.123 e. The molecule has 1 aliphatic rings. The number of benzene rings is 2. The Morgan fingerprint density at radius 3 is 2.71 bits per heavy atom. The van der Waals surface area contributed by atoms with Crippen molar-refractivity contribution in [3.05, 3.63) is 64.2 Å². The van der Waals surface area contributed by atoms with Gasteiger partial charge in [0.1, 0.15) is 5.75 Å². The molecule has 110 valence electrons. The lowest BCUT2D eigenvalue weighted by molar-refractivity contribution is 0.394. The van der Waals surface area contributed by atoms with Crippen molar-refractivity contribution in [3.8, 4) is 5.75 Å². The maximum Gasteiger partial charge on any atom is 0.123 e. The van der Waals surface area contributed by atoms with E-state index < -0.39 is 0 Å². The summed E-state index contributed by atoms with van der Waals surface area (Å²) in [5.41, 5.74) is 3.98. The number of halogens is 1. The molecule has 0 heterocycles. The lowest BCUT2D eigenvalue weighted by atomic mass is 10.1. The molecule has 0 saturated carbocycles. The van der Waals surface area contributed by atoms with Gasteiger partial charge >= 0.3 is 0 Å². The number of hydrogen-bond acceptors (Lipinski definition) is 2. The zero-order valence-electron chi connectivity index (χ0n) is 12.4. The highest BCUT2D eigenvalue weighted by atomic mass is 35.5. The van der Waals surface area contributed by atoms with Crippen molar-refractivity contribution in [1.29, 1.82) is 0 Å². The second-order valence-electron chi connectivity index (χ2n) is 5.65. The third-order valence-corrected chi connectivity index (χ3v) is 4.43. The van der Waals surface area contributed by atoms with Gasteiger partial charge < -0.3 is 10.1 Å². The number of ether oxygens (including phenoxy) is 1. The summed E-state index contributed by atoms with van der Waals surface area (Å²) in [4.78, 5) is 0. The number of nitrogens with one attached hydrogen (secondary N) is 1. The van der Waals surface area contributed by atoms with Crippen LogP contribution in [0.5, 0.6) is 5.75 Å². The van der Waals surface area contributed by atoms with E-state index in [9.17, 15) is 0 Å². The molecule has 2 aromatic carbocycles. The van der Waals surface area contributed by atoms with Crippen molar-refractivity contribution in [1.82, 2.24) is 5.32 Å². The summed E-state index contributed by atoms with van der Waals surface area (Å²) in [6.45, 7) is 2.19. The molecule has 0 fully saturated rings. The van der Waals surface area contributed by atoms with E-state index in [2.05, 4.69) is 36.5 Å². The van der Waals surface area contributed by atoms with Gasteiger partial charge in [0.2, 0.25) is 0 Å². The Morgan fingerprint density at radius 2 is 1.90 bits per heavy atom. The van der Waals surface area contributed by atoms with E-state index in [1.807, 2.05) is 18.2 Å². The van der Waals surface area contributed by atoms with Crippen LogP contribution in [0.25, 0.3) is 0 Å². The van der Waals surface area contributed by atoms with Gasteiger partial charge in [-0.25, -0.2) is 0 Å². The van der Waals surface area contributed by atoms with E-state index in [0.29, 0.717) is 6.04 Å².